The number of thiazole rings is 1. The van der Waals surface area contributed by atoms with Crippen LogP contribution >= 0.6 is 11.3 Å². The molecular formula is C25H23N5O3S. The van der Waals surface area contributed by atoms with Crippen molar-refractivity contribution in [2.75, 3.05) is 16.8 Å². The van der Waals surface area contributed by atoms with E-state index in [9.17, 15) is 9.59 Å². The molecule has 1 aliphatic heterocycles. The topological polar surface area (TPSA) is 97.3 Å². The highest BCUT2D eigenvalue weighted by Crippen LogP contribution is 2.31. The van der Waals surface area contributed by atoms with E-state index in [0.29, 0.717) is 18.0 Å². The summed E-state index contributed by atoms with van der Waals surface area (Å²) in [5.41, 5.74) is 3.84. The SMILES string of the molecule is Cc1cc(C)nc(Oc2cccc(NC(=O)C3CC(=O)N(c4ccc5sc(C)nc5c4)C3)c2)n1. The lowest BCUT2D eigenvalue weighted by atomic mass is 10.1. The Balaban J connectivity index is 1.27. The maximum atomic E-state index is 12.9. The standard InChI is InChI=1S/C25H23N5O3S/c1-14-9-15(2)27-25(26-14)33-20-6-4-5-18(11-20)29-24(32)17-10-23(31)30(13-17)19-7-8-22-21(12-19)28-16(3)34-22/h4-9,11-12,17H,10,13H2,1-3H3,(H,29,32). The van der Waals surface area contributed by atoms with Crippen LogP contribution in [0.3, 0.4) is 0 Å². The van der Waals surface area contributed by atoms with Gasteiger partial charge in [0.15, 0.2) is 0 Å². The number of rotatable bonds is 5. The third kappa shape index (κ3) is 4.60. The summed E-state index contributed by atoms with van der Waals surface area (Å²) in [7, 11) is 0. The fraction of sp³-hybridized carbons (Fsp3) is 0.240. The van der Waals surface area contributed by atoms with Gasteiger partial charge in [-0.15, -0.1) is 11.3 Å². The minimum absolute atomic E-state index is 0.0736. The third-order valence-corrected chi connectivity index (χ3v) is 6.51. The summed E-state index contributed by atoms with van der Waals surface area (Å²) in [5, 5.41) is 3.89. The first-order valence-corrected chi connectivity index (χ1v) is 11.7. The number of anilines is 2. The van der Waals surface area contributed by atoms with Crippen LogP contribution in [0.2, 0.25) is 0 Å². The number of aryl methyl sites for hydroxylation is 3. The van der Waals surface area contributed by atoms with Gasteiger partial charge in [-0.1, -0.05) is 6.07 Å². The molecule has 172 valence electrons. The van der Waals surface area contributed by atoms with Crippen LogP contribution < -0.4 is 15.0 Å². The number of hydrogen-bond donors (Lipinski definition) is 1. The highest BCUT2D eigenvalue weighted by molar-refractivity contribution is 7.18. The van der Waals surface area contributed by atoms with E-state index in [1.165, 1.54) is 0 Å². The number of ether oxygens (including phenoxy) is 1. The zero-order chi connectivity index (χ0) is 23.8. The number of nitrogens with one attached hydrogen (secondary N) is 1. The Hall–Kier alpha value is -3.85. The lowest BCUT2D eigenvalue weighted by molar-refractivity contribution is -0.122. The molecule has 3 heterocycles. The minimum Gasteiger partial charge on any atom is -0.424 e. The fourth-order valence-electron chi connectivity index (χ4n) is 4.06. The zero-order valence-electron chi connectivity index (χ0n) is 19.0. The summed E-state index contributed by atoms with van der Waals surface area (Å²) in [6.07, 6.45) is 0.159. The van der Waals surface area contributed by atoms with Crippen LogP contribution in [0.4, 0.5) is 11.4 Å². The quantitative estimate of drug-likeness (QED) is 0.447. The monoisotopic (exact) mass is 473 g/mol. The molecule has 4 aromatic rings. The molecule has 5 rings (SSSR count). The van der Waals surface area contributed by atoms with Gasteiger partial charge in [0.2, 0.25) is 11.8 Å². The number of fused-ring (bicyclic) bond motifs is 1. The van der Waals surface area contributed by atoms with Crippen molar-refractivity contribution in [1.29, 1.82) is 0 Å². The van der Waals surface area contributed by atoms with Crippen LogP contribution in [0.1, 0.15) is 22.8 Å². The van der Waals surface area contributed by atoms with E-state index < -0.39 is 5.92 Å². The van der Waals surface area contributed by atoms with E-state index in [1.54, 1.807) is 40.5 Å². The number of benzene rings is 2. The van der Waals surface area contributed by atoms with Crippen molar-refractivity contribution in [3.63, 3.8) is 0 Å². The highest BCUT2D eigenvalue weighted by atomic mass is 32.1. The summed E-state index contributed by atoms with van der Waals surface area (Å²) in [6, 6.07) is 15.0. The Morgan fingerprint density at radius 2 is 1.85 bits per heavy atom. The van der Waals surface area contributed by atoms with E-state index >= 15 is 0 Å². The second-order valence-electron chi connectivity index (χ2n) is 8.34. The van der Waals surface area contributed by atoms with Crippen LogP contribution in [0.5, 0.6) is 11.8 Å². The van der Waals surface area contributed by atoms with Gasteiger partial charge in [0.05, 0.1) is 21.1 Å². The van der Waals surface area contributed by atoms with Gasteiger partial charge in [-0.3, -0.25) is 9.59 Å². The molecule has 0 bridgehead atoms. The molecule has 0 aliphatic carbocycles. The van der Waals surface area contributed by atoms with Crippen molar-refractivity contribution < 1.29 is 14.3 Å². The molecule has 2 aromatic heterocycles. The first-order chi connectivity index (χ1) is 16.3. The number of hydrogen-bond acceptors (Lipinski definition) is 7. The first kappa shape index (κ1) is 22.0. The molecule has 1 saturated heterocycles. The second-order valence-corrected chi connectivity index (χ2v) is 9.58. The Bertz CT molecular complexity index is 1400. The average Bonchev–Trinajstić information content (AvgIpc) is 3.34. The number of amides is 2. The van der Waals surface area contributed by atoms with Crippen molar-refractivity contribution in [2.24, 2.45) is 5.92 Å². The van der Waals surface area contributed by atoms with E-state index in [0.717, 1.165) is 32.3 Å². The lowest BCUT2D eigenvalue weighted by Gasteiger charge is -2.17. The molecule has 1 aliphatic rings. The maximum absolute atomic E-state index is 12.9. The van der Waals surface area contributed by atoms with Gasteiger partial charge in [-0.2, -0.15) is 0 Å². The molecule has 0 saturated carbocycles. The fourth-order valence-corrected chi connectivity index (χ4v) is 4.87. The Labute approximate surface area is 200 Å². The predicted molar refractivity (Wildman–Crippen MR) is 131 cm³/mol. The number of carbonyl (C=O) groups excluding carboxylic acids is 2. The van der Waals surface area contributed by atoms with Gasteiger partial charge >= 0.3 is 6.01 Å². The van der Waals surface area contributed by atoms with Crippen LogP contribution in [0.25, 0.3) is 10.2 Å². The second kappa shape index (κ2) is 8.83. The Kier molecular flexibility index (Phi) is 5.70. The summed E-state index contributed by atoms with van der Waals surface area (Å²) in [5.74, 6) is -0.219. The summed E-state index contributed by atoms with van der Waals surface area (Å²) < 4.78 is 6.85. The molecule has 9 heteroatoms. The van der Waals surface area contributed by atoms with Gasteiger partial charge in [0.1, 0.15) is 5.75 Å². The highest BCUT2D eigenvalue weighted by Gasteiger charge is 2.35. The molecule has 1 fully saturated rings. The van der Waals surface area contributed by atoms with Crippen LogP contribution in [0, 0.1) is 26.7 Å². The average molecular weight is 474 g/mol. The molecule has 2 aromatic carbocycles. The maximum Gasteiger partial charge on any atom is 0.322 e. The molecule has 1 N–H and O–H groups in total. The lowest BCUT2D eigenvalue weighted by Crippen LogP contribution is -2.28. The molecule has 34 heavy (non-hydrogen) atoms. The van der Waals surface area contributed by atoms with E-state index in [1.807, 2.05) is 45.0 Å². The van der Waals surface area contributed by atoms with Crippen molar-refractivity contribution >= 4 is 44.7 Å². The number of nitrogens with zero attached hydrogens (tertiary/aromatic N) is 4. The van der Waals surface area contributed by atoms with Gasteiger partial charge < -0.3 is 15.0 Å². The van der Waals surface area contributed by atoms with Gasteiger partial charge in [-0.25, -0.2) is 15.0 Å². The molecule has 0 radical (unpaired) electrons. The molecule has 1 atom stereocenters. The van der Waals surface area contributed by atoms with Gasteiger partial charge in [0, 0.05) is 41.8 Å². The Morgan fingerprint density at radius 1 is 1.06 bits per heavy atom. The summed E-state index contributed by atoms with van der Waals surface area (Å²) in [6.45, 7) is 6.04. The van der Waals surface area contributed by atoms with Gasteiger partial charge in [-0.05, 0) is 57.2 Å². The molecule has 0 spiro atoms. The molecule has 8 nitrogen and oxygen atoms in total. The van der Waals surface area contributed by atoms with E-state index in [-0.39, 0.29) is 24.2 Å². The Morgan fingerprint density at radius 3 is 2.65 bits per heavy atom. The first-order valence-electron chi connectivity index (χ1n) is 10.9. The van der Waals surface area contributed by atoms with E-state index in [2.05, 4.69) is 20.3 Å². The van der Waals surface area contributed by atoms with Crippen molar-refractivity contribution in [3.8, 4) is 11.8 Å². The van der Waals surface area contributed by atoms with Crippen molar-refractivity contribution in [1.82, 2.24) is 15.0 Å². The summed E-state index contributed by atoms with van der Waals surface area (Å²) in [4.78, 5) is 40.4. The van der Waals surface area contributed by atoms with Crippen LogP contribution in [-0.4, -0.2) is 33.3 Å². The van der Waals surface area contributed by atoms with Crippen molar-refractivity contribution in [3.05, 3.63) is 64.9 Å². The summed E-state index contributed by atoms with van der Waals surface area (Å²) >= 11 is 1.62. The predicted octanol–water partition coefficient (Wildman–Crippen LogP) is 4.80. The molecule has 2 amide bonds. The molecular weight excluding hydrogens is 450 g/mol. The number of aromatic nitrogens is 3. The van der Waals surface area contributed by atoms with Crippen molar-refractivity contribution in [2.45, 2.75) is 27.2 Å². The largest absolute Gasteiger partial charge is 0.424 e. The van der Waals surface area contributed by atoms with Crippen LogP contribution in [0.15, 0.2) is 48.5 Å². The van der Waals surface area contributed by atoms with E-state index in [4.69, 9.17) is 4.74 Å². The smallest absolute Gasteiger partial charge is 0.322 e. The third-order valence-electron chi connectivity index (χ3n) is 5.56. The normalized spacial score (nSPS) is 15.7. The van der Waals surface area contributed by atoms with Crippen LogP contribution in [-0.2, 0) is 9.59 Å². The zero-order valence-corrected chi connectivity index (χ0v) is 19.8. The number of carbonyl (C=O) groups is 2. The minimum atomic E-state index is -0.451. The molecule has 1 unspecified atom stereocenters. The van der Waals surface area contributed by atoms with Gasteiger partial charge in [0.25, 0.3) is 0 Å².